The van der Waals surface area contributed by atoms with Crippen LogP contribution in [0.2, 0.25) is 0 Å². The molecule has 23 heavy (non-hydrogen) atoms. The van der Waals surface area contributed by atoms with Crippen molar-refractivity contribution in [3.63, 3.8) is 0 Å². The van der Waals surface area contributed by atoms with Crippen LogP contribution in [0, 0.1) is 20.8 Å². The molecule has 0 atom stereocenters. The van der Waals surface area contributed by atoms with E-state index in [1.165, 1.54) is 0 Å². The summed E-state index contributed by atoms with van der Waals surface area (Å²) < 4.78 is 0. The standard InChI is InChI=1S/C19H22N2O2/c1-13-5-4-6-16(9-13)11-18(22)20-12-19(23)21-17-10-14(2)7-8-15(17)3/h4-10H,11-12H2,1-3H3,(H,20,22)(H,21,23). The summed E-state index contributed by atoms with van der Waals surface area (Å²) >= 11 is 0. The van der Waals surface area contributed by atoms with Gasteiger partial charge in [-0.25, -0.2) is 0 Å². The topological polar surface area (TPSA) is 58.2 Å². The van der Waals surface area contributed by atoms with Gasteiger partial charge in [-0.15, -0.1) is 0 Å². The van der Waals surface area contributed by atoms with Gasteiger partial charge in [0.1, 0.15) is 0 Å². The van der Waals surface area contributed by atoms with E-state index in [1.54, 1.807) is 0 Å². The Morgan fingerprint density at radius 2 is 1.65 bits per heavy atom. The molecule has 0 aliphatic rings. The first-order valence-corrected chi connectivity index (χ1v) is 7.63. The summed E-state index contributed by atoms with van der Waals surface area (Å²) in [4.78, 5) is 23.9. The lowest BCUT2D eigenvalue weighted by atomic mass is 10.1. The van der Waals surface area contributed by atoms with Gasteiger partial charge in [-0.05, 0) is 43.5 Å². The number of carbonyl (C=O) groups excluding carboxylic acids is 2. The number of nitrogens with one attached hydrogen (secondary N) is 2. The maximum atomic E-state index is 12.0. The summed E-state index contributed by atoms with van der Waals surface area (Å²) in [6.07, 6.45) is 0.276. The van der Waals surface area contributed by atoms with Gasteiger partial charge in [-0.3, -0.25) is 9.59 Å². The quantitative estimate of drug-likeness (QED) is 0.892. The Labute approximate surface area is 136 Å². The van der Waals surface area contributed by atoms with Crippen LogP contribution in [0.4, 0.5) is 5.69 Å². The number of amides is 2. The number of hydrogen-bond acceptors (Lipinski definition) is 2. The van der Waals surface area contributed by atoms with Gasteiger partial charge in [0, 0.05) is 5.69 Å². The lowest BCUT2D eigenvalue weighted by Crippen LogP contribution is -2.33. The van der Waals surface area contributed by atoms with E-state index in [0.29, 0.717) is 0 Å². The average molecular weight is 310 g/mol. The Bertz CT molecular complexity index is 723. The van der Waals surface area contributed by atoms with Crippen LogP contribution in [0.5, 0.6) is 0 Å². The normalized spacial score (nSPS) is 10.2. The van der Waals surface area contributed by atoms with E-state index in [2.05, 4.69) is 10.6 Å². The smallest absolute Gasteiger partial charge is 0.243 e. The molecule has 0 heterocycles. The maximum Gasteiger partial charge on any atom is 0.243 e. The number of carbonyl (C=O) groups is 2. The second-order valence-electron chi connectivity index (χ2n) is 5.81. The molecule has 0 radical (unpaired) electrons. The predicted octanol–water partition coefficient (Wildman–Crippen LogP) is 2.91. The SMILES string of the molecule is Cc1cccc(CC(=O)NCC(=O)Nc2cc(C)ccc2C)c1. The zero-order chi connectivity index (χ0) is 16.8. The molecule has 4 heteroatoms. The Morgan fingerprint density at radius 3 is 2.39 bits per heavy atom. The highest BCUT2D eigenvalue weighted by Crippen LogP contribution is 2.15. The molecule has 2 aromatic carbocycles. The Kier molecular flexibility index (Phi) is 5.52. The van der Waals surface area contributed by atoms with E-state index >= 15 is 0 Å². The highest BCUT2D eigenvalue weighted by Gasteiger charge is 2.08. The lowest BCUT2D eigenvalue weighted by Gasteiger charge is -2.10. The maximum absolute atomic E-state index is 12.0. The van der Waals surface area contributed by atoms with Gasteiger partial charge in [-0.2, -0.15) is 0 Å². The predicted molar refractivity (Wildman–Crippen MR) is 92.4 cm³/mol. The number of benzene rings is 2. The van der Waals surface area contributed by atoms with Crippen molar-refractivity contribution < 1.29 is 9.59 Å². The molecule has 2 N–H and O–H groups in total. The minimum atomic E-state index is -0.226. The van der Waals surface area contributed by atoms with Crippen molar-refractivity contribution in [3.05, 3.63) is 64.7 Å². The van der Waals surface area contributed by atoms with Crippen LogP contribution >= 0.6 is 0 Å². The molecule has 0 spiro atoms. The molecule has 4 nitrogen and oxygen atoms in total. The van der Waals surface area contributed by atoms with Crippen LogP contribution < -0.4 is 10.6 Å². The first kappa shape index (κ1) is 16.7. The number of aryl methyl sites for hydroxylation is 3. The van der Waals surface area contributed by atoms with Crippen LogP contribution in [0.25, 0.3) is 0 Å². The van der Waals surface area contributed by atoms with Crippen molar-refractivity contribution in [3.8, 4) is 0 Å². The van der Waals surface area contributed by atoms with E-state index in [4.69, 9.17) is 0 Å². The average Bonchev–Trinajstić information content (AvgIpc) is 2.49. The van der Waals surface area contributed by atoms with Gasteiger partial charge in [0.25, 0.3) is 0 Å². The first-order chi connectivity index (χ1) is 10.9. The van der Waals surface area contributed by atoms with Crippen LogP contribution in [-0.4, -0.2) is 18.4 Å². The highest BCUT2D eigenvalue weighted by molar-refractivity contribution is 5.95. The summed E-state index contributed by atoms with van der Waals surface area (Å²) in [6, 6.07) is 13.7. The molecule has 2 aromatic rings. The third kappa shape index (κ3) is 5.25. The lowest BCUT2D eigenvalue weighted by molar-refractivity contribution is -0.123. The Balaban J connectivity index is 1.84. The molecule has 2 rings (SSSR count). The van der Waals surface area contributed by atoms with E-state index < -0.39 is 0 Å². The Hall–Kier alpha value is -2.62. The van der Waals surface area contributed by atoms with Gasteiger partial charge in [-0.1, -0.05) is 42.0 Å². The molecule has 0 saturated heterocycles. The van der Waals surface area contributed by atoms with Crippen molar-refractivity contribution in [2.24, 2.45) is 0 Å². The van der Waals surface area contributed by atoms with Crippen LogP contribution in [-0.2, 0) is 16.0 Å². The minimum Gasteiger partial charge on any atom is -0.347 e. The molecular weight excluding hydrogens is 288 g/mol. The molecule has 0 aromatic heterocycles. The van der Waals surface area contributed by atoms with Crippen molar-refractivity contribution in [1.82, 2.24) is 5.32 Å². The zero-order valence-electron chi connectivity index (χ0n) is 13.8. The van der Waals surface area contributed by atoms with Crippen LogP contribution in [0.1, 0.15) is 22.3 Å². The molecule has 0 unspecified atom stereocenters. The number of hydrogen-bond donors (Lipinski definition) is 2. The van der Waals surface area contributed by atoms with Crippen molar-refractivity contribution in [1.29, 1.82) is 0 Å². The highest BCUT2D eigenvalue weighted by atomic mass is 16.2. The van der Waals surface area contributed by atoms with Gasteiger partial charge >= 0.3 is 0 Å². The Morgan fingerprint density at radius 1 is 0.913 bits per heavy atom. The molecule has 0 aliphatic heterocycles. The van der Waals surface area contributed by atoms with Crippen molar-refractivity contribution in [2.45, 2.75) is 27.2 Å². The van der Waals surface area contributed by atoms with Crippen molar-refractivity contribution >= 4 is 17.5 Å². The van der Waals surface area contributed by atoms with Crippen LogP contribution in [0.15, 0.2) is 42.5 Å². The largest absolute Gasteiger partial charge is 0.347 e. The second-order valence-corrected chi connectivity index (χ2v) is 5.81. The third-order valence-corrected chi connectivity index (χ3v) is 3.56. The molecule has 120 valence electrons. The van der Waals surface area contributed by atoms with E-state index in [-0.39, 0.29) is 24.8 Å². The summed E-state index contributed by atoms with van der Waals surface area (Å²) in [5.74, 6) is -0.386. The summed E-state index contributed by atoms with van der Waals surface area (Å²) in [5.41, 5.74) is 4.91. The molecule has 0 fully saturated rings. The van der Waals surface area contributed by atoms with E-state index in [0.717, 1.165) is 27.9 Å². The fourth-order valence-corrected chi connectivity index (χ4v) is 2.31. The van der Waals surface area contributed by atoms with Gasteiger partial charge in [0.2, 0.25) is 11.8 Å². The monoisotopic (exact) mass is 310 g/mol. The molecule has 2 amide bonds. The molecule has 0 bridgehead atoms. The number of anilines is 1. The van der Waals surface area contributed by atoms with Crippen LogP contribution in [0.3, 0.4) is 0 Å². The van der Waals surface area contributed by atoms with Gasteiger partial charge in [0.15, 0.2) is 0 Å². The van der Waals surface area contributed by atoms with E-state index in [1.807, 2.05) is 63.2 Å². The fourth-order valence-electron chi connectivity index (χ4n) is 2.31. The molecule has 0 saturated carbocycles. The van der Waals surface area contributed by atoms with Crippen molar-refractivity contribution in [2.75, 3.05) is 11.9 Å². The first-order valence-electron chi connectivity index (χ1n) is 7.63. The third-order valence-electron chi connectivity index (χ3n) is 3.56. The molecule has 0 aliphatic carbocycles. The second kappa shape index (κ2) is 7.58. The zero-order valence-corrected chi connectivity index (χ0v) is 13.8. The number of rotatable bonds is 5. The van der Waals surface area contributed by atoms with E-state index in [9.17, 15) is 9.59 Å². The fraction of sp³-hybridized carbons (Fsp3) is 0.263. The van der Waals surface area contributed by atoms with Gasteiger partial charge in [0.05, 0.1) is 13.0 Å². The summed E-state index contributed by atoms with van der Waals surface area (Å²) in [5, 5.41) is 5.48. The minimum absolute atomic E-state index is 0.0297. The summed E-state index contributed by atoms with van der Waals surface area (Å²) in [7, 11) is 0. The molecular formula is C19H22N2O2. The van der Waals surface area contributed by atoms with Gasteiger partial charge < -0.3 is 10.6 Å². The summed E-state index contributed by atoms with van der Waals surface area (Å²) in [6.45, 7) is 5.86.